The van der Waals surface area contributed by atoms with E-state index in [9.17, 15) is 0 Å². The van der Waals surface area contributed by atoms with Crippen molar-refractivity contribution in [3.63, 3.8) is 0 Å². The summed E-state index contributed by atoms with van der Waals surface area (Å²) in [5, 5.41) is 10.2. The molecule has 0 atom stereocenters. The van der Waals surface area contributed by atoms with E-state index >= 15 is 0 Å². The Morgan fingerprint density at radius 1 is 0.250 bits per heavy atom. The highest BCUT2D eigenvalue weighted by Crippen LogP contribution is 2.55. The SMILES string of the molecule is CC(C)(C)c1ccc(-c2cc3c4c(c2)N(c2c(-c5ccccc5)cccc2-c2ccccc2)c2cc(-n5c6ccccc6c6ccccc65)ccc2B4c2ccc(-c4cc5cc(C(C)(C)C)cc6ccc7cc(C(C)(C)C)cc4c7c65)cc2N3c2c(-c3ccccc3)cccc2-c2ccccc2)cc1. The highest BCUT2D eigenvalue weighted by Gasteiger charge is 2.46. The summed E-state index contributed by atoms with van der Waals surface area (Å²) in [7, 11) is 0. The van der Waals surface area contributed by atoms with E-state index in [1.54, 1.807) is 0 Å². The molecule has 1 aromatic heterocycles. The van der Waals surface area contributed by atoms with Crippen molar-refractivity contribution < 1.29 is 0 Å². The Bertz CT molecular complexity index is 6100. The fraction of sp³-hybridized carbons (Fsp3) is 0.120. The Balaban J connectivity index is 0.994. The number of para-hydroxylation sites is 4. The molecule has 0 bridgehead atoms. The van der Waals surface area contributed by atoms with Crippen LogP contribution in [0.4, 0.5) is 34.1 Å². The summed E-state index contributed by atoms with van der Waals surface area (Å²) in [4.78, 5) is 5.42. The molecular formula is C100H80BN3. The van der Waals surface area contributed by atoms with Crippen molar-refractivity contribution in [2.45, 2.75) is 78.6 Å². The molecule has 0 radical (unpaired) electrons. The van der Waals surface area contributed by atoms with E-state index in [1.165, 1.54) is 98.3 Å². The maximum Gasteiger partial charge on any atom is 0.252 e. The van der Waals surface area contributed by atoms with Crippen LogP contribution in [0.5, 0.6) is 0 Å². The molecule has 0 aliphatic carbocycles. The van der Waals surface area contributed by atoms with Crippen molar-refractivity contribution in [3.8, 4) is 72.4 Å². The van der Waals surface area contributed by atoms with Crippen LogP contribution in [0.15, 0.2) is 322 Å². The molecule has 17 aromatic rings. The molecule has 0 saturated carbocycles. The number of aromatic nitrogens is 1. The zero-order valence-corrected chi connectivity index (χ0v) is 60.5. The number of nitrogens with zero attached hydrogens (tertiary/aromatic N) is 3. The quantitative estimate of drug-likeness (QED) is 0.105. The van der Waals surface area contributed by atoms with Gasteiger partial charge in [-0.05, 0) is 181 Å². The van der Waals surface area contributed by atoms with Gasteiger partial charge in [-0.25, -0.2) is 0 Å². The van der Waals surface area contributed by atoms with Crippen molar-refractivity contribution in [2.75, 3.05) is 9.80 Å². The molecule has 498 valence electrons. The largest absolute Gasteiger partial charge is 0.310 e. The van der Waals surface area contributed by atoms with E-state index in [-0.39, 0.29) is 23.0 Å². The van der Waals surface area contributed by atoms with Gasteiger partial charge in [0, 0.05) is 61.5 Å². The summed E-state index contributed by atoms with van der Waals surface area (Å²) >= 11 is 0. The molecule has 3 nitrogen and oxygen atoms in total. The van der Waals surface area contributed by atoms with Gasteiger partial charge in [-0.1, -0.05) is 329 Å². The lowest BCUT2D eigenvalue weighted by Crippen LogP contribution is -2.61. The van der Waals surface area contributed by atoms with Gasteiger partial charge in [0.1, 0.15) is 0 Å². The average molecular weight is 1330 g/mol. The Morgan fingerprint density at radius 2 is 0.654 bits per heavy atom. The molecule has 104 heavy (non-hydrogen) atoms. The minimum absolute atomic E-state index is 0.0541. The third kappa shape index (κ3) is 10.2. The highest BCUT2D eigenvalue weighted by molar-refractivity contribution is 7.00. The summed E-state index contributed by atoms with van der Waals surface area (Å²) in [6.07, 6.45) is 0. The molecule has 3 heterocycles. The van der Waals surface area contributed by atoms with Crippen LogP contribution in [-0.2, 0) is 16.2 Å². The predicted molar refractivity (Wildman–Crippen MR) is 447 cm³/mol. The van der Waals surface area contributed by atoms with Gasteiger partial charge in [0.15, 0.2) is 0 Å². The van der Waals surface area contributed by atoms with Crippen LogP contribution < -0.4 is 26.2 Å². The van der Waals surface area contributed by atoms with Gasteiger partial charge >= 0.3 is 0 Å². The first-order chi connectivity index (χ1) is 50.5. The fourth-order valence-corrected chi connectivity index (χ4v) is 17.3. The molecule has 19 rings (SSSR count). The maximum absolute atomic E-state index is 2.72. The number of anilines is 6. The summed E-state index contributed by atoms with van der Waals surface area (Å²) in [5.74, 6) is 0. The Morgan fingerprint density at radius 3 is 1.13 bits per heavy atom. The molecule has 0 saturated heterocycles. The molecule has 0 spiro atoms. The lowest BCUT2D eigenvalue weighted by atomic mass is 9.33. The highest BCUT2D eigenvalue weighted by atomic mass is 15.2. The number of fused-ring (bicyclic) bond motifs is 7. The van der Waals surface area contributed by atoms with Crippen LogP contribution in [0.2, 0.25) is 0 Å². The number of hydrogen-bond acceptors (Lipinski definition) is 2. The zero-order chi connectivity index (χ0) is 70.5. The second-order valence-corrected chi connectivity index (χ2v) is 32.0. The number of rotatable bonds is 9. The van der Waals surface area contributed by atoms with Gasteiger partial charge in [0.25, 0.3) is 6.71 Å². The van der Waals surface area contributed by atoms with E-state index in [0.29, 0.717) is 0 Å². The van der Waals surface area contributed by atoms with Gasteiger partial charge in [-0.3, -0.25) is 0 Å². The Hall–Kier alpha value is -12.0. The lowest BCUT2D eigenvalue weighted by Gasteiger charge is -2.46. The average Bonchev–Trinajstić information content (AvgIpc) is 0.834. The predicted octanol–water partition coefficient (Wildman–Crippen LogP) is 25.7. The lowest BCUT2D eigenvalue weighted by molar-refractivity contribution is 0.590. The first-order valence-electron chi connectivity index (χ1n) is 36.9. The van der Waals surface area contributed by atoms with Crippen molar-refractivity contribution in [1.82, 2.24) is 4.57 Å². The minimum atomic E-state index is -0.246. The van der Waals surface area contributed by atoms with Crippen LogP contribution >= 0.6 is 0 Å². The molecule has 4 heteroatoms. The second-order valence-electron chi connectivity index (χ2n) is 32.0. The third-order valence-electron chi connectivity index (χ3n) is 22.5. The molecule has 0 unspecified atom stereocenters. The standard InChI is InChI=1S/C100H80BN3/c1-98(2,3)73-49-46-63(47-50-73)71-59-91-95-92(60-71)104(97-79(66-32-18-12-19-33-66)40-27-41-80(97)67-34-20-13-21-35-67)90-62-76(102-87-42-24-22-36-81(87)82-37-23-25-43-88(82)102)51-53-86(90)101(95)85-52-48-68(58-89(85)103(91)96-77(64-28-14-10-15-29-64)38-26-39-78(96)65-30-16-11-17-31-65)83-57-72-56-74(99(4,5)6)54-69-44-45-70-55-75(100(7,8)9)61-84(83)94(70)93(69)72/h10-62H,1-9H3. The fourth-order valence-electron chi connectivity index (χ4n) is 17.3. The minimum Gasteiger partial charge on any atom is -0.310 e. The summed E-state index contributed by atoms with van der Waals surface area (Å²) in [5.41, 5.74) is 31.5. The first-order valence-corrected chi connectivity index (χ1v) is 36.9. The van der Waals surface area contributed by atoms with E-state index in [2.05, 4.69) is 398 Å². The van der Waals surface area contributed by atoms with Crippen LogP contribution in [0.1, 0.15) is 79.0 Å². The molecule has 2 aliphatic rings. The number of hydrogen-bond donors (Lipinski definition) is 0. The molecular weight excluding hydrogens is 1250 g/mol. The van der Waals surface area contributed by atoms with Gasteiger partial charge in [0.2, 0.25) is 0 Å². The van der Waals surface area contributed by atoms with Crippen LogP contribution in [-0.4, -0.2) is 11.3 Å². The Labute approximate surface area is 611 Å². The zero-order valence-electron chi connectivity index (χ0n) is 60.5. The van der Waals surface area contributed by atoms with Crippen LogP contribution in [0.3, 0.4) is 0 Å². The maximum atomic E-state index is 2.72. The molecule has 0 N–H and O–H groups in total. The van der Waals surface area contributed by atoms with Gasteiger partial charge in [-0.15, -0.1) is 0 Å². The van der Waals surface area contributed by atoms with Crippen molar-refractivity contribution in [2.24, 2.45) is 0 Å². The van der Waals surface area contributed by atoms with Crippen molar-refractivity contribution in [1.29, 1.82) is 0 Å². The number of benzene rings is 16. The monoisotopic (exact) mass is 1330 g/mol. The summed E-state index contributed by atoms with van der Waals surface area (Å²) < 4.78 is 2.50. The van der Waals surface area contributed by atoms with E-state index in [1.807, 2.05) is 0 Å². The normalized spacial score (nSPS) is 13.0. The van der Waals surface area contributed by atoms with Gasteiger partial charge < -0.3 is 14.4 Å². The van der Waals surface area contributed by atoms with E-state index in [4.69, 9.17) is 0 Å². The first kappa shape index (κ1) is 63.0. The van der Waals surface area contributed by atoms with Crippen LogP contribution in [0, 0.1) is 0 Å². The smallest absolute Gasteiger partial charge is 0.252 e. The van der Waals surface area contributed by atoms with Gasteiger partial charge in [0.05, 0.1) is 22.4 Å². The molecule has 0 fully saturated rings. The molecule has 2 aliphatic heterocycles. The van der Waals surface area contributed by atoms with Crippen molar-refractivity contribution >= 4 is 111 Å². The molecule has 0 amide bonds. The van der Waals surface area contributed by atoms with E-state index < -0.39 is 0 Å². The molecule has 16 aromatic carbocycles. The van der Waals surface area contributed by atoms with Gasteiger partial charge in [-0.2, -0.15) is 0 Å². The van der Waals surface area contributed by atoms with E-state index in [0.717, 1.165) is 95.4 Å². The Kier molecular flexibility index (Phi) is 14.4. The summed E-state index contributed by atoms with van der Waals surface area (Å²) in [6.45, 7) is 20.8. The second kappa shape index (κ2) is 23.8. The topological polar surface area (TPSA) is 11.4 Å². The van der Waals surface area contributed by atoms with Crippen LogP contribution in [0.25, 0.3) is 127 Å². The third-order valence-corrected chi connectivity index (χ3v) is 22.5. The summed E-state index contributed by atoms with van der Waals surface area (Å²) in [6, 6.07) is 123. The van der Waals surface area contributed by atoms with Crippen molar-refractivity contribution in [3.05, 3.63) is 338 Å².